The van der Waals surface area contributed by atoms with Crippen LogP contribution in [0.2, 0.25) is 0 Å². The van der Waals surface area contributed by atoms with Gasteiger partial charge in [-0.1, -0.05) is 6.07 Å². The van der Waals surface area contributed by atoms with Gasteiger partial charge in [-0.15, -0.1) is 0 Å². The number of carbonyl (C=O) groups is 1. The van der Waals surface area contributed by atoms with Crippen molar-refractivity contribution in [2.45, 2.75) is 20.0 Å². The molecule has 2 aromatic carbocycles. The van der Waals surface area contributed by atoms with E-state index in [2.05, 4.69) is 5.32 Å². The molecule has 0 aliphatic rings. The van der Waals surface area contributed by atoms with Crippen LogP contribution in [0.1, 0.15) is 24.2 Å². The Morgan fingerprint density at radius 1 is 1.24 bits per heavy atom. The molecule has 0 heterocycles. The summed E-state index contributed by atoms with van der Waals surface area (Å²) in [5.41, 5.74) is 1.07. The summed E-state index contributed by atoms with van der Waals surface area (Å²) in [4.78, 5) is 12.2. The fourth-order valence-corrected chi connectivity index (χ4v) is 2.38. The molecule has 0 saturated heterocycles. The van der Waals surface area contributed by atoms with Crippen LogP contribution in [0.3, 0.4) is 0 Å². The van der Waals surface area contributed by atoms with Crippen molar-refractivity contribution in [3.63, 3.8) is 0 Å². The van der Waals surface area contributed by atoms with E-state index in [0.717, 1.165) is 0 Å². The van der Waals surface area contributed by atoms with Crippen molar-refractivity contribution in [1.82, 2.24) is 0 Å². The number of hydrogen-bond acceptors (Lipinski definition) is 2. The van der Waals surface area contributed by atoms with E-state index in [4.69, 9.17) is 4.74 Å². The second kappa shape index (κ2) is 6.89. The average Bonchev–Trinajstić information content (AvgIpc) is 2.41. The van der Waals surface area contributed by atoms with Crippen LogP contribution in [-0.2, 0) is 0 Å². The molecule has 0 aromatic heterocycles. The van der Waals surface area contributed by atoms with Gasteiger partial charge in [-0.25, -0.2) is 4.39 Å². The molecular formula is C16H15FINO2. The van der Waals surface area contributed by atoms with Crippen LogP contribution < -0.4 is 10.1 Å². The summed E-state index contributed by atoms with van der Waals surface area (Å²) in [7, 11) is 0. The molecule has 2 aromatic rings. The molecule has 0 bridgehead atoms. The highest BCUT2D eigenvalue weighted by Gasteiger charge is 2.10. The molecule has 0 fully saturated rings. The maximum Gasteiger partial charge on any atom is 0.255 e. The van der Waals surface area contributed by atoms with Crippen LogP contribution in [0, 0.1) is 9.39 Å². The first-order chi connectivity index (χ1) is 9.95. The van der Waals surface area contributed by atoms with E-state index in [1.54, 1.807) is 30.3 Å². The summed E-state index contributed by atoms with van der Waals surface area (Å²) >= 11 is 1.98. The highest BCUT2D eigenvalue weighted by molar-refractivity contribution is 14.1. The Morgan fingerprint density at radius 2 is 2.00 bits per heavy atom. The van der Waals surface area contributed by atoms with Crippen molar-refractivity contribution in [1.29, 1.82) is 0 Å². The summed E-state index contributed by atoms with van der Waals surface area (Å²) in [5.74, 6) is 0.0601. The second-order valence-electron chi connectivity index (χ2n) is 4.77. The highest BCUT2D eigenvalue weighted by atomic mass is 127. The number of benzene rings is 2. The zero-order valence-electron chi connectivity index (χ0n) is 11.7. The first kappa shape index (κ1) is 15.8. The predicted octanol–water partition coefficient (Wildman–Crippen LogP) is 4.47. The Kier molecular flexibility index (Phi) is 5.17. The first-order valence-corrected chi connectivity index (χ1v) is 7.56. The second-order valence-corrected chi connectivity index (χ2v) is 5.93. The third-order valence-corrected chi connectivity index (χ3v) is 3.54. The maximum absolute atomic E-state index is 13.0. The molecule has 5 heteroatoms. The highest BCUT2D eigenvalue weighted by Crippen LogP contribution is 2.21. The van der Waals surface area contributed by atoms with Gasteiger partial charge in [0.2, 0.25) is 0 Å². The number of nitrogens with one attached hydrogen (secondary N) is 1. The topological polar surface area (TPSA) is 38.3 Å². The van der Waals surface area contributed by atoms with Crippen molar-refractivity contribution in [2.24, 2.45) is 0 Å². The number of amides is 1. The van der Waals surface area contributed by atoms with E-state index in [9.17, 15) is 9.18 Å². The number of halogens is 2. The zero-order valence-corrected chi connectivity index (χ0v) is 13.8. The molecular weight excluding hydrogens is 384 g/mol. The molecule has 1 amide bonds. The standard InChI is InChI=1S/C16H15FINO2/c1-10(2)21-13-5-3-4-11(8-13)16(20)19-15-7-6-12(17)9-14(15)18/h3-10H,1-2H3,(H,19,20). The molecule has 2 rings (SSSR count). The van der Waals surface area contributed by atoms with Crippen molar-refractivity contribution in [2.75, 3.05) is 5.32 Å². The lowest BCUT2D eigenvalue weighted by Gasteiger charge is -2.11. The Morgan fingerprint density at radius 3 is 2.67 bits per heavy atom. The predicted molar refractivity (Wildman–Crippen MR) is 89.3 cm³/mol. The lowest BCUT2D eigenvalue weighted by molar-refractivity contribution is 0.102. The van der Waals surface area contributed by atoms with E-state index in [-0.39, 0.29) is 17.8 Å². The van der Waals surface area contributed by atoms with E-state index < -0.39 is 0 Å². The molecule has 0 aliphatic heterocycles. The average molecular weight is 399 g/mol. The molecule has 0 saturated carbocycles. The fraction of sp³-hybridized carbons (Fsp3) is 0.188. The molecule has 110 valence electrons. The van der Waals surface area contributed by atoms with Gasteiger partial charge in [-0.3, -0.25) is 4.79 Å². The van der Waals surface area contributed by atoms with Gasteiger partial charge in [0.15, 0.2) is 0 Å². The largest absolute Gasteiger partial charge is 0.491 e. The van der Waals surface area contributed by atoms with Gasteiger partial charge in [0.25, 0.3) is 5.91 Å². The summed E-state index contributed by atoms with van der Waals surface area (Å²) in [6.07, 6.45) is 0.0429. The fourth-order valence-electron chi connectivity index (χ4n) is 1.77. The molecule has 21 heavy (non-hydrogen) atoms. The lowest BCUT2D eigenvalue weighted by Crippen LogP contribution is -2.13. The lowest BCUT2D eigenvalue weighted by atomic mass is 10.2. The van der Waals surface area contributed by atoms with Crippen LogP contribution in [0.25, 0.3) is 0 Å². The van der Waals surface area contributed by atoms with Gasteiger partial charge >= 0.3 is 0 Å². The van der Waals surface area contributed by atoms with Crippen molar-refractivity contribution >= 4 is 34.2 Å². The summed E-state index contributed by atoms with van der Waals surface area (Å²) in [5, 5.41) is 2.77. The quantitative estimate of drug-likeness (QED) is 0.771. The van der Waals surface area contributed by atoms with Crippen molar-refractivity contribution in [3.05, 3.63) is 57.4 Å². The van der Waals surface area contributed by atoms with E-state index in [1.807, 2.05) is 36.4 Å². The van der Waals surface area contributed by atoms with Gasteiger partial charge in [0.1, 0.15) is 11.6 Å². The van der Waals surface area contributed by atoms with Gasteiger partial charge in [-0.05, 0) is 72.8 Å². The molecule has 0 aliphatic carbocycles. The smallest absolute Gasteiger partial charge is 0.255 e. The number of carbonyl (C=O) groups excluding carboxylic acids is 1. The minimum atomic E-state index is -0.329. The van der Waals surface area contributed by atoms with Crippen LogP contribution >= 0.6 is 22.6 Å². The van der Waals surface area contributed by atoms with Crippen molar-refractivity contribution in [3.8, 4) is 5.75 Å². The summed E-state index contributed by atoms with van der Waals surface area (Å²) in [6, 6.07) is 11.2. The molecule has 1 N–H and O–H groups in total. The third kappa shape index (κ3) is 4.42. The van der Waals surface area contributed by atoms with Gasteiger partial charge < -0.3 is 10.1 Å². The minimum Gasteiger partial charge on any atom is -0.491 e. The Hall–Kier alpha value is -1.63. The van der Waals surface area contributed by atoms with E-state index in [1.165, 1.54) is 12.1 Å². The third-order valence-electron chi connectivity index (χ3n) is 2.65. The van der Waals surface area contributed by atoms with Crippen LogP contribution in [0.15, 0.2) is 42.5 Å². The normalized spacial score (nSPS) is 10.5. The maximum atomic E-state index is 13.0. The number of hydrogen-bond donors (Lipinski definition) is 1. The molecule has 3 nitrogen and oxygen atoms in total. The van der Waals surface area contributed by atoms with E-state index >= 15 is 0 Å². The Bertz CT molecular complexity index is 658. The number of anilines is 1. The van der Waals surface area contributed by atoms with Crippen LogP contribution in [0.5, 0.6) is 5.75 Å². The first-order valence-electron chi connectivity index (χ1n) is 6.49. The van der Waals surface area contributed by atoms with E-state index in [0.29, 0.717) is 20.6 Å². The van der Waals surface area contributed by atoms with Crippen molar-refractivity contribution < 1.29 is 13.9 Å². The zero-order chi connectivity index (χ0) is 15.4. The van der Waals surface area contributed by atoms with Crippen LogP contribution in [0.4, 0.5) is 10.1 Å². The monoisotopic (exact) mass is 399 g/mol. The van der Waals surface area contributed by atoms with Gasteiger partial charge in [-0.2, -0.15) is 0 Å². The molecule has 0 atom stereocenters. The Labute approximate surface area is 136 Å². The molecule has 0 radical (unpaired) electrons. The van der Waals surface area contributed by atoms with Gasteiger partial charge in [0.05, 0.1) is 11.8 Å². The summed E-state index contributed by atoms with van der Waals surface area (Å²) in [6.45, 7) is 3.85. The number of ether oxygens (including phenoxy) is 1. The number of rotatable bonds is 4. The molecule has 0 spiro atoms. The molecule has 0 unspecified atom stereocenters. The Balaban J connectivity index is 2.16. The summed E-state index contributed by atoms with van der Waals surface area (Å²) < 4.78 is 19.3. The minimum absolute atomic E-state index is 0.0429. The van der Waals surface area contributed by atoms with Crippen LogP contribution in [-0.4, -0.2) is 12.0 Å². The SMILES string of the molecule is CC(C)Oc1cccc(C(=O)Nc2ccc(F)cc2I)c1. The van der Waals surface area contributed by atoms with Gasteiger partial charge in [0, 0.05) is 9.13 Å².